The van der Waals surface area contributed by atoms with E-state index in [1.54, 1.807) is 12.1 Å². The maximum absolute atomic E-state index is 13.6. The summed E-state index contributed by atoms with van der Waals surface area (Å²) in [6, 6.07) is 118. The molecule has 1 fully saturated rings. The Bertz CT molecular complexity index is 6580. The minimum absolute atomic E-state index is 0.0594. The molecule has 17 aromatic rings. The van der Waals surface area contributed by atoms with Gasteiger partial charge in [-0.1, -0.05) is 158 Å². The van der Waals surface area contributed by atoms with Gasteiger partial charge in [0, 0.05) is 39.9 Å². The van der Waals surface area contributed by atoms with Crippen molar-refractivity contribution in [3.8, 4) is 16.4 Å². The van der Waals surface area contributed by atoms with Crippen LogP contribution >= 0.6 is 10.5 Å². The number of carbonyl (C=O) groups is 4. The number of nitrogens with zero attached hydrogens (tertiary/aromatic N) is 1. The SMILES string of the molecule is CC(C)(C)Oc1ccc([S+](c2ccccc2)c2ccccc2)cc1.Fc1ccc([S+](c2ccccc2)c2ccccc2)cc1.Nc1c(F)c(F)c(C(=O)[O-])c(F)c1F.Nc1c(F)c(F)c(C(=O)[O-])c(F)c1F.Nc1c(F)c(F)c(C(=O)[O-])c(F)c1F.O=C([O-])c1ccc(N2CCOCC2)c(F)c1.Oc1ccc([S+](c2ccccc2)c2ccccc2)cc1.c1ccc(-[s+]2c3ccccc3c3ccccc32)cc1. The van der Waals surface area contributed by atoms with Crippen molar-refractivity contribution in [2.75, 3.05) is 48.4 Å². The van der Waals surface area contributed by atoms with E-state index in [1.807, 2.05) is 77.7 Å². The van der Waals surface area contributed by atoms with Gasteiger partial charge in [0.25, 0.3) is 0 Å². The zero-order valence-corrected chi connectivity index (χ0v) is 77.7. The van der Waals surface area contributed by atoms with Gasteiger partial charge in [0.1, 0.15) is 45.8 Å². The number of phenols is 1. The van der Waals surface area contributed by atoms with Gasteiger partial charge in [0.05, 0.1) is 92.2 Å². The lowest BCUT2D eigenvalue weighted by molar-refractivity contribution is -0.256. The van der Waals surface area contributed by atoms with E-state index < -0.39 is 133 Å². The first-order chi connectivity index (χ1) is 67.5. The van der Waals surface area contributed by atoms with Crippen LogP contribution in [0.15, 0.2) is 396 Å². The minimum Gasteiger partial charge on any atom is -0.545 e. The summed E-state index contributed by atoms with van der Waals surface area (Å²) in [6.45, 7) is 8.55. The summed E-state index contributed by atoms with van der Waals surface area (Å²) >= 11 is 0. The van der Waals surface area contributed by atoms with Crippen LogP contribution in [0.3, 0.4) is 0 Å². The van der Waals surface area contributed by atoms with E-state index in [2.05, 4.69) is 275 Å². The molecule has 1 aromatic heterocycles. The first-order valence-electron chi connectivity index (χ1n) is 42.1. The number of rotatable bonds is 16. The number of fused-ring (bicyclic) bond motifs is 3. The third-order valence-corrected chi connectivity index (χ3v) is 29.0. The predicted molar refractivity (Wildman–Crippen MR) is 511 cm³/mol. The molecule has 2 heterocycles. The number of anilines is 4. The van der Waals surface area contributed by atoms with Gasteiger partial charge in [0.2, 0.25) is 0 Å². The van der Waals surface area contributed by atoms with E-state index in [4.69, 9.17) is 9.47 Å². The van der Waals surface area contributed by atoms with Gasteiger partial charge in [-0.2, -0.15) is 0 Å². The lowest BCUT2D eigenvalue weighted by Gasteiger charge is -2.29. The average Bonchev–Trinajstić information content (AvgIpc) is 1.68. The molecule has 0 bridgehead atoms. The van der Waals surface area contributed by atoms with Crippen LogP contribution in [0.2, 0.25) is 0 Å². The number of benzene rings is 16. The quantitative estimate of drug-likeness (QED) is 0.0303. The lowest BCUT2D eigenvalue weighted by Crippen LogP contribution is -2.36. The molecule has 141 heavy (non-hydrogen) atoms. The second kappa shape index (κ2) is 49.6. The number of carbonyl (C=O) groups excluding carboxylic acids is 4. The zero-order valence-electron chi connectivity index (χ0n) is 74.4. The first-order valence-corrected chi connectivity index (χ1v) is 47.0. The molecule has 0 amide bonds. The van der Waals surface area contributed by atoms with Crippen LogP contribution in [-0.4, -0.2) is 60.9 Å². The number of aromatic hydroxyl groups is 1. The highest BCUT2D eigenvalue weighted by molar-refractivity contribution is 7.97. The summed E-state index contributed by atoms with van der Waals surface area (Å²) in [6.07, 6.45) is 0. The number of thiophene rings is 1. The van der Waals surface area contributed by atoms with Crippen molar-refractivity contribution in [1.82, 2.24) is 0 Å². The number of carboxylic acids is 4. The Morgan fingerprint density at radius 2 is 0.596 bits per heavy atom. The van der Waals surface area contributed by atoms with Crippen molar-refractivity contribution in [2.24, 2.45) is 0 Å². The Hall–Kier alpha value is -15.6. The molecular weight excluding hydrogens is 1920 g/mol. The van der Waals surface area contributed by atoms with Gasteiger partial charge in [-0.25, -0.2) is 61.5 Å². The molecule has 0 unspecified atom stereocenters. The molecule has 33 heteroatoms. The van der Waals surface area contributed by atoms with Crippen molar-refractivity contribution in [1.29, 1.82) is 0 Å². The van der Waals surface area contributed by atoms with E-state index in [0.29, 0.717) is 37.7 Å². The van der Waals surface area contributed by atoms with Crippen LogP contribution in [0.5, 0.6) is 11.5 Å². The summed E-state index contributed by atoms with van der Waals surface area (Å²) in [7, 11) is -0.366. The molecule has 0 aliphatic carbocycles. The number of ether oxygens (including phenoxy) is 2. The number of halogens is 14. The number of hydrogen-bond donors (Lipinski definition) is 4. The fraction of sp³-hybridized carbons (Fsp3) is 0.0741. The Morgan fingerprint density at radius 1 is 0.333 bits per heavy atom. The zero-order chi connectivity index (χ0) is 102. The molecule has 1 aliphatic heterocycles. The third kappa shape index (κ3) is 27.1. The maximum atomic E-state index is 13.6. The minimum atomic E-state index is -2.36. The van der Waals surface area contributed by atoms with Crippen LogP contribution in [0.4, 0.5) is 84.2 Å². The summed E-state index contributed by atoms with van der Waals surface area (Å²) < 4.78 is 192. The van der Waals surface area contributed by atoms with Crippen molar-refractivity contribution in [3.63, 3.8) is 0 Å². The fourth-order valence-corrected chi connectivity index (χ4v) is 22.2. The van der Waals surface area contributed by atoms with Gasteiger partial charge in [0.15, 0.2) is 128 Å². The maximum Gasteiger partial charge on any atom is 0.187 e. The number of hydrogen-bond acceptors (Lipinski definition) is 15. The van der Waals surface area contributed by atoms with E-state index in [1.165, 1.54) is 88.5 Å². The number of carboxylic acid groups (broad SMARTS) is 4. The summed E-state index contributed by atoms with van der Waals surface area (Å²) in [4.78, 5) is 55.4. The van der Waals surface area contributed by atoms with Gasteiger partial charge in [-0.15, -0.1) is 0 Å². The summed E-state index contributed by atoms with van der Waals surface area (Å²) in [5.41, 5.74) is 4.25. The molecule has 1 aliphatic rings. The molecule has 7 N–H and O–H groups in total. The number of nitrogen functional groups attached to an aromatic ring is 3. The van der Waals surface area contributed by atoms with Gasteiger partial charge in [-0.3, -0.25) is 0 Å². The Kier molecular flexibility index (Phi) is 37.3. The Morgan fingerprint density at radius 3 is 0.872 bits per heavy atom. The molecule has 0 saturated carbocycles. The van der Waals surface area contributed by atoms with Crippen molar-refractivity contribution in [3.05, 3.63) is 456 Å². The van der Waals surface area contributed by atoms with Crippen molar-refractivity contribution >= 4 is 110 Å². The molecule has 15 nitrogen and oxygen atoms in total. The summed E-state index contributed by atoms with van der Waals surface area (Å²) in [5.74, 6) is -32.2. The number of phenolic OH excluding ortho intramolecular Hbond substituents is 1. The van der Waals surface area contributed by atoms with E-state index in [0.717, 1.165) is 16.7 Å². The Labute approximate surface area is 811 Å². The molecule has 0 atom stereocenters. The molecule has 18 rings (SSSR count). The van der Waals surface area contributed by atoms with Crippen molar-refractivity contribution < 1.29 is 116 Å². The standard InChI is InChI=1S/C22H23OS.C18H14FS.C18H14OS.C18H13S.C11H12FNO3.3C7H3F4NO2/c1-22(2,3)23-18-14-16-21(17-15-18)24(19-10-6-4-7-11-19)20-12-8-5-9-13-20;2*19-15-11-13-18(14-12-15)20(16-7-3-1-4-8-16)17-9-5-2-6-10-17;1-2-8-14(9-3-1)19-17-12-6-4-10-15(17)16-11-5-7-13-18(16)19;12-9-7-8(11(14)15)1-2-10(9)13-3-5-16-6-4-13;3*8-2-1(7(13)14)3(9)5(11)6(12)4(2)10/h4-17H,1-3H3;2*1-14H;1-13H;1-2,7H,3-6H2,(H,14,15);3*12H2,(H,13,14)/q2*+1;;+1;;;;/p-3. The molecule has 16 aromatic carbocycles. The molecular formula is C108H82F14N4O11S4. The fourth-order valence-electron chi connectivity index (χ4n) is 13.6. The number of aromatic carboxylic acids is 4. The lowest BCUT2D eigenvalue weighted by atomic mass is 10.1. The second-order valence-corrected chi connectivity index (χ2v) is 38.6. The van der Waals surface area contributed by atoms with E-state index >= 15 is 0 Å². The number of morpholine rings is 1. The molecule has 0 radical (unpaired) electrons. The molecule has 0 spiro atoms. The van der Waals surface area contributed by atoms with Gasteiger partial charge >= 0.3 is 0 Å². The van der Waals surface area contributed by atoms with E-state index in [9.17, 15) is 106 Å². The summed E-state index contributed by atoms with van der Waals surface area (Å²) in [5, 5.41) is 53.1. The average molecular weight is 2010 g/mol. The second-order valence-electron chi connectivity index (χ2n) is 30.6. The first kappa shape index (κ1) is 106. The Balaban J connectivity index is 0.000000155. The van der Waals surface area contributed by atoms with Crippen LogP contribution in [0.1, 0.15) is 62.2 Å². The smallest absolute Gasteiger partial charge is 0.187 e. The van der Waals surface area contributed by atoms with Crippen molar-refractivity contribution in [2.45, 2.75) is 70.4 Å². The highest BCUT2D eigenvalue weighted by atomic mass is 32.2. The third-order valence-electron chi connectivity index (χ3n) is 20.0. The molecule has 722 valence electrons. The van der Waals surface area contributed by atoms with Gasteiger partial charge < -0.3 is 76.3 Å². The normalized spacial score (nSPS) is 11.4. The monoisotopic (exact) mass is 2000 g/mol. The van der Waals surface area contributed by atoms with Crippen LogP contribution in [0.25, 0.3) is 25.1 Å². The number of nitrogens with two attached hydrogens (primary N) is 3. The largest absolute Gasteiger partial charge is 0.545 e. The highest BCUT2D eigenvalue weighted by Crippen LogP contribution is 2.48. The van der Waals surface area contributed by atoms with Crippen LogP contribution < -0.4 is 47.3 Å². The highest BCUT2D eigenvalue weighted by Gasteiger charge is 2.34. The predicted octanol–water partition coefficient (Wildman–Crippen LogP) is 21.7. The topological polar surface area (TPSA) is 281 Å². The molecule has 1 saturated heterocycles. The van der Waals surface area contributed by atoms with E-state index in [-0.39, 0.29) is 60.1 Å². The van der Waals surface area contributed by atoms with Crippen LogP contribution in [-0.2, 0) is 37.4 Å². The van der Waals surface area contributed by atoms with Crippen LogP contribution in [0, 0.1) is 81.4 Å². The van der Waals surface area contributed by atoms with Gasteiger partial charge in [-0.05, 0) is 215 Å².